The van der Waals surface area contributed by atoms with Gasteiger partial charge < -0.3 is 10.1 Å². The lowest BCUT2D eigenvalue weighted by molar-refractivity contribution is -0.383. The van der Waals surface area contributed by atoms with E-state index in [1.807, 2.05) is 0 Å². The Morgan fingerprint density at radius 3 is 2.73 bits per heavy atom. The molecule has 0 aliphatic carbocycles. The molecule has 26 heavy (non-hydrogen) atoms. The van der Waals surface area contributed by atoms with Crippen LogP contribution >= 0.6 is 15.9 Å². The molecule has 0 spiro atoms. The number of hydrazine groups is 1. The molecular weight excluding hydrogens is 408 g/mol. The largest absolute Gasteiger partial charge is 0.385 e. The number of methoxy groups -OCH3 is 1. The number of carbonyl (C=O) groups is 1. The maximum atomic E-state index is 12.2. The summed E-state index contributed by atoms with van der Waals surface area (Å²) in [5.74, 6) is -0.543. The standard InChI is InChI=1S/C15H17BrN6O4/c1-26-8-4-7-17-13-12(22(24)25)14(19-9-18-13)20-21-15(23)10-5-2-3-6-11(10)16/h2-3,5-6,9H,4,7-8H2,1H3,(H,21,23)(H2,17,18,19,20). The van der Waals surface area contributed by atoms with Crippen molar-refractivity contribution in [3.63, 3.8) is 0 Å². The van der Waals surface area contributed by atoms with Crippen molar-refractivity contribution in [3.05, 3.63) is 50.7 Å². The van der Waals surface area contributed by atoms with Gasteiger partial charge in [0.25, 0.3) is 5.91 Å². The van der Waals surface area contributed by atoms with Crippen molar-refractivity contribution in [3.8, 4) is 0 Å². The Balaban J connectivity index is 2.12. The van der Waals surface area contributed by atoms with E-state index in [0.717, 1.165) is 0 Å². The van der Waals surface area contributed by atoms with Gasteiger partial charge in [0.05, 0.1) is 10.5 Å². The zero-order valence-electron chi connectivity index (χ0n) is 13.9. The average Bonchev–Trinajstić information content (AvgIpc) is 2.63. The number of hydrogen-bond donors (Lipinski definition) is 3. The number of nitro groups is 1. The van der Waals surface area contributed by atoms with Crippen LogP contribution in [0.4, 0.5) is 17.3 Å². The third-order valence-corrected chi connectivity index (χ3v) is 3.93. The Bertz CT molecular complexity index is 788. The summed E-state index contributed by atoms with van der Waals surface area (Å²) in [5, 5.41) is 14.3. The molecule has 1 amide bonds. The normalized spacial score (nSPS) is 10.2. The number of carbonyl (C=O) groups excluding carboxylic acids is 1. The van der Waals surface area contributed by atoms with Gasteiger partial charge in [0.2, 0.25) is 11.6 Å². The SMILES string of the molecule is COCCCNc1ncnc(NNC(=O)c2ccccc2Br)c1[N+](=O)[O-]. The number of rotatable bonds is 9. The predicted octanol–water partition coefficient (Wildman–Crippen LogP) is 2.35. The Kier molecular flexibility index (Phi) is 7.24. The minimum atomic E-state index is -0.619. The second-order valence-electron chi connectivity index (χ2n) is 5.01. The van der Waals surface area contributed by atoms with Gasteiger partial charge in [-0.1, -0.05) is 12.1 Å². The first kappa shape index (κ1) is 19.5. The molecule has 3 N–H and O–H groups in total. The van der Waals surface area contributed by atoms with Crippen LogP contribution in [0.3, 0.4) is 0 Å². The van der Waals surface area contributed by atoms with Crippen molar-refractivity contribution in [2.45, 2.75) is 6.42 Å². The Morgan fingerprint density at radius 2 is 2.04 bits per heavy atom. The van der Waals surface area contributed by atoms with Gasteiger partial charge in [-0.3, -0.25) is 25.8 Å². The summed E-state index contributed by atoms with van der Waals surface area (Å²) < 4.78 is 5.52. The molecule has 0 saturated heterocycles. The molecule has 1 aromatic carbocycles. The minimum Gasteiger partial charge on any atom is -0.385 e. The maximum absolute atomic E-state index is 12.2. The van der Waals surface area contributed by atoms with Crippen LogP contribution in [0.5, 0.6) is 0 Å². The predicted molar refractivity (Wildman–Crippen MR) is 98.9 cm³/mol. The third kappa shape index (κ3) is 5.10. The second kappa shape index (κ2) is 9.63. The van der Waals surface area contributed by atoms with Gasteiger partial charge >= 0.3 is 5.69 Å². The van der Waals surface area contributed by atoms with Gasteiger partial charge in [-0.25, -0.2) is 9.97 Å². The summed E-state index contributed by atoms with van der Waals surface area (Å²) in [6.45, 7) is 0.952. The Hall–Kier alpha value is -2.79. The number of benzene rings is 1. The molecule has 0 atom stereocenters. The summed E-state index contributed by atoms with van der Waals surface area (Å²) >= 11 is 3.27. The van der Waals surface area contributed by atoms with Crippen LogP contribution in [0.25, 0.3) is 0 Å². The highest BCUT2D eigenvalue weighted by atomic mass is 79.9. The molecule has 0 bridgehead atoms. The summed E-state index contributed by atoms with van der Waals surface area (Å²) in [5.41, 5.74) is 4.88. The molecule has 2 aromatic rings. The molecule has 0 unspecified atom stereocenters. The average molecular weight is 425 g/mol. The molecule has 2 rings (SSSR count). The van der Waals surface area contributed by atoms with Gasteiger partial charge in [-0.2, -0.15) is 0 Å². The monoisotopic (exact) mass is 424 g/mol. The Morgan fingerprint density at radius 1 is 1.31 bits per heavy atom. The van der Waals surface area contributed by atoms with Crippen molar-refractivity contribution < 1.29 is 14.5 Å². The lowest BCUT2D eigenvalue weighted by Gasteiger charge is -2.11. The lowest BCUT2D eigenvalue weighted by atomic mass is 10.2. The lowest BCUT2D eigenvalue weighted by Crippen LogP contribution is -2.30. The zero-order chi connectivity index (χ0) is 18.9. The first-order valence-electron chi connectivity index (χ1n) is 7.57. The summed E-state index contributed by atoms with van der Waals surface area (Å²) in [6.07, 6.45) is 1.82. The van der Waals surface area contributed by atoms with Crippen molar-refractivity contribution in [1.29, 1.82) is 0 Å². The smallest absolute Gasteiger partial charge is 0.354 e. The molecule has 10 nitrogen and oxygen atoms in total. The van der Waals surface area contributed by atoms with E-state index >= 15 is 0 Å². The number of ether oxygens (including phenoxy) is 1. The first-order chi connectivity index (χ1) is 12.5. The van der Waals surface area contributed by atoms with Crippen molar-refractivity contribution in [1.82, 2.24) is 15.4 Å². The molecular formula is C15H17BrN6O4. The summed E-state index contributed by atoms with van der Waals surface area (Å²) in [4.78, 5) is 30.7. The number of hydrogen-bond acceptors (Lipinski definition) is 8. The number of nitrogens with one attached hydrogen (secondary N) is 3. The van der Waals surface area contributed by atoms with E-state index in [-0.39, 0.29) is 17.3 Å². The summed E-state index contributed by atoms with van der Waals surface area (Å²) in [7, 11) is 1.57. The molecule has 11 heteroatoms. The highest BCUT2D eigenvalue weighted by Crippen LogP contribution is 2.28. The van der Waals surface area contributed by atoms with Gasteiger partial charge in [0, 0.05) is 24.7 Å². The molecule has 0 saturated carbocycles. The highest BCUT2D eigenvalue weighted by molar-refractivity contribution is 9.10. The molecule has 1 heterocycles. The molecule has 1 aromatic heterocycles. The van der Waals surface area contributed by atoms with E-state index in [2.05, 4.69) is 42.1 Å². The quantitative estimate of drug-likeness (QED) is 0.317. The van der Waals surface area contributed by atoms with Crippen LogP contribution in [0, 0.1) is 10.1 Å². The fourth-order valence-electron chi connectivity index (χ4n) is 2.02. The number of aromatic nitrogens is 2. The van der Waals surface area contributed by atoms with Gasteiger partial charge in [0.1, 0.15) is 6.33 Å². The van der Waals surface area contributed by atoms with Crippen LogP contribution in [-0.2, 0) is 4.74 Å². The Labute approximate surface area is 157 Å². The molecule has 0 radical (unpaired) electrons. The number of nitrogens with zero attached hydrogens (tertiary/aromatic N) is 3. The fourth-order valence-corrected chi connectivity index (χ4v) is 2.49. The first-order valence-corrected chi connectivity index (χ1v) is 8.37. The summed E-state index contributed by atoms with van der Waals surface area (Å²) in [6, 6.07) is 6.79. The molecule has 0 aliphatic heterocycles. The zero-order valence-corrected chi connectivity index (χ0v) is 15.4. The van der Waals surface area contributed by atoms with Crippen LogP contribution in [0.15, 0.2) is 35.1 Å². The fraction of sp³-hybridized carbons (Fsp3) is 0.267. The van der Waals surface area contributed by atoms with Crippen LogP contribution in [0.2, 0.25) is 0 Å². The topological polar surface area (TPSA) is 131 Å². The van der Waals surface area contributed by atoms with E-state index < -0.39 is 10.8 Å². The van der Waals surface area contributed by atoms with E-state index in [1.165, 1.54) is 6.33 Å². The van der Waals surface area contributed by atoms with Gasteiger partial charge in [-0.05, 0) is 34.5 Å². The van der Waals surface area contributed by atoms with Gasteiger partial charge in [-0.15, -0.1) is 0 Å². The third-order valence-electron chi connectivity index (χ3n) is 3.24. The van der Waals surface area contributed by atoms with E-state index in [0.29, 0.717) is 29.6 Å². The van der Waals surface area contributed by atoms with Gasteiger partial charge in [0.15, 0.2) is 0 Å². The molecule has 138 valence electrons. The minimum absolute atomic E-state index is 0.0544. The van der Waals surface area contributed by atoms with Crippen LogP contribution in [-0.4, -0.2) is 41.1 Å². The number of amides is 1. The van der Waals surface area contributed by atoms with Crippen molar-refractivity contribution >= 4 is 39.2 Å². The van der Waals surface area contributed by atoms with E-state index in [9.17, 15) is 14.9 Å². The van der Waals surface area contributed by atoms with E-state index in [4.69, 9.17) is 4.74 Å². The van der Waals surface area contributed by atoms with Crippen molar-refractivity contribution in [2.24, 2.45) is 0 Å². The molecule has 0 fully saturated rings. The number of halogens is 1. The number of anilines is 2. The van der Waals surface area contributed by atoms with Crippen molar-refractivity contribution in [2.75, 3.05) is 31.0 Å². The van der Waals surface area contributed by atoms with E-state index in [1.54, 1.807) is 31.4 Å². The highest BCUT2D eigenvalue weighted by Gasteiger charge is 2.23. The molecule has 0 aliphatic rings. The van der Waals surface area contributed by atoms with Crippen LogP contribution in [0.1, 0.15) is 16.8 Å². The van der Waals surface area contributed by atoms with Crippen LogP contribution < -0.4 is 16.2 Å². The maximum Gasteiger partial charge on any atom is 0.354 e. The second-order valence-corrected chi connectivity index (χ2v) is 5.86.